The van der Waals surface area contributed by atoms with Crippen LogP contribution in [0, 0.1) is 6.92 Å². The molecule has 110 valence electrons. The van der Waals surface area contributed by atoms with Crippen LogP contribution in [0.2, 0.25) is 5.02 Å². The molecule has 0 fully saturated rings. The third-order valence-electron chi connectivity index (χ3n) is 3.20. The highest BCUT2D eigenvalue weighted by atomic mass is 35.5. The van der Waals surface area contributed by atoms with E-state index in [1.165, 1.54) is 4.90 Å². The molecule has 0 aliphatic heterocycles. The second-order valence-electron chi connectivity index (χ2n) is 4.70. The van der Waals surface area contributed by atoms with Crippen LogP contribution in [-0.4, -0.2) is 24.2 Å². The standard InChI is InChI=1S/C16H17ClN2O2/c1-11-10-12(6-7-13(11)17)16(21)19(8-9-20)15-5-3-2-4-14(15)18/h2-7,10,20H,8-9,18H2,1H3. The van der Waals surface area contributed by atoms with Gasteiger partial charge in [0, 0.05) is 17.1 Å². The Labute approximate surface area is 128 Å². The lowest BCUT2D eigenvalue weighted by molar-refractivity contribution is 0.0981. The van der Waals surface area contributed by atoms with Crippen molar-refractivity contribution in [2.45, 2.75) is 6.92 Å². The van der Waals surface area contributed by atoms with Crippen molar-refractivity contribution in [3.63, 3.8) is 0 Å². The predicted octanol–water partition coefficient (Wildman–Crippen LogP) is 2.87. The number of aryl methyl sites for hydroxylation is 1. The number of aliphatic hydroxyl groups excluding tert-OH is 1. The Bertz CT molecular complexity index is 658. The van der Waals surface area contributed by atoms with Crippen molar-refractivity contribution in [2.75, 3.05) is 23.8 Å². The van der Waals surface area contributed by atoms with Gasteiger partial charge in [0.05, 0.1) is 18.0 Å². The van der Waals surface area contributed by atoms with E-state index in [-0.39, 0.29) is 19.1 Å². The van der Waals surface area contributed by atoms with Crippen LogP contribution < -0.4 is 10.6 Å². The van der Waals surface area contributed by atoms with Crippen LogP contribution in [0.15, 0.2) is 42.5 Å². The minimum absolute atomic E-state index is 0.146. The van der Waals surface area contributed by atoms with Crippen LogP contribution in [0.5, 0.6) is 0 Å². The van der Waals surface area contributed by atoms with E-state index in [4.69, 9.17) is 17.3 Å². The van der Waals surface area contributed by atoms with Gasteiger partial charge in [-0.25, -0.2) is 0 Å². The molecule has 0 aliphatic carbocycles. The van der Waals surface area contributed by atoms with Gasteiger partial charge in [0.25, 0.3) is 5.91 Å². The molecule has 0 spiro atoms. The molecule has 0 bridgehead atoms. The van der Waals surface area contributed by atoms with Gasteiger partial charge in [-0.2, -0.15) is 0 Å². The predicted molar refractivity (Wildman–Crippen MR) is 85.8 cm³/mol. The van der Waals surface area contributed by atoms with Crippen molar-refractivity contribution in [3.8, 4) is 0 Å². The number of halogens is 1. The summed E-state index contributed by atoms with van der Waals surface area (Å²) in [5.74, 6) is -0.221. The molecule has 2 rings (SSSR count). The number of hydrogen-bond acceptors (Lipinski definition) is 3. The average molecular weight is 305 g/mol. The number of nitrogen functional groups attached to an aromatic ring is 1. The minimum Gasteiger partial charge on any atom is -0.397 e. The van der Waals surface area contributed by atoms with Crippen molar-refractivity contribution in [2.24, 2.45) is 0 Å². The Morgan fingerprint density at radius 3 is 2.62 bits per heavy atom. The summed E-state index contributed by atoms with van der Waals surface area (Å²) in [5.41, 5.74) is 8.34. The third-order valence-corrected chi connectivity index (χ3v) is 3.63. The number of carbonyl (C=O) groups excluding carboxylic acids is 1. The zero-order chi connectivity index (χ0) is 15.4. The molecule has 0 radical (unpaired) electrons. The SMILES string of the molecule is Cc1cc(C(=O)N(CCO)c2ccccc2N)ccc1Cl. The number of benzene rings is 2. The smallest absolute Gasteiger partial charge is 0.258 e. The van der Waals surface area contributed by atoms with Crippen molar-refractivity contribution < 1.29 is 9.90 Å². The summed E-state index contributed by atoms with van der Waals surface area (Å²) in [4.78, 5) is 14.1. The molecule has 3 N–H and O–H groups in total. The van der Waals surface area contributed by atoms with Crippen LogP contribution in [0.25, 0.3) is 0 Å². The van der Waals surface area contributed by atoms with Gasteiger partial charge in [0.1, 0.15) is 0 Å². The summed E-state index contributed by atoms with van der Waals surface area (Å²) in [6.45, 7) is 1.87. The first kappa shape index (κ1) is 15.4. The van der Waals surface area contributed by atoms with Gasteiger partial charge in [-0.05, 0) is 42.8 Å². The van der Waals surface area contributed by atoms with E-state index in [0.29, 0.717) is 22.0 Å². The maximum absolute atomic E-state index is 12.7. The molecule has 4 nitrogen and oxygen atoms in total. The number of nitrogens with zero attached hydrogens (tertiary/aromatic N) is 1. The fourth-order valence-electron chi connectivity index (χ4n) is 2.10. The van der Waals surface area contributed by atoms with E-state index in [1.807, 2.05) is 6.92 Å². The average Bonchev–Trinajstić information content (AvgIpc) is 2.48. The van der Waals surface area contributed by atoms with Gasteiger partial charge in [-0.15, -0.1) is 0 Å². The van der Waals surface area contributed by atoms with Gasteiger partial charge >= 0.3 is 0 Å². The fraction of sp³-hybridized carbons (Fsp3) is 0.188. The first-order valence-corrected chi connectivity index (χ1v) is 6.95. The van der Waals surface area contributed by atoms with Crippen LogP contribution in [0.4, 0.5) is 11.4 Å². The lowest BCUT2D eigenvalue weighted by Gasteiger charge is -2.23. The third kappa shape index (κ3) is 3.35. The molecule has 21 heavy (non-hydrogen) atoms. The molecule has 0 aliphatic rings. The molecule has 0 atom stereocenters. The van der Waals surface area contributed by atoms with Gasteiger partial charge < -0.3 is 15.7 Å². The molecule has 0 unspecified atom stereocenters. The number of nitrogens with two attached hydrogens (primary N) is 1. The quantitative estimate of drug-likeness (QED) is 0.854. The largest absolute Gasteiger partial charge is 0.397 e. The molecule has 2 aromatic carbocycles. The zero-order valence-corrected chi connectivity index (χ0v) is 12.5. The summed E-state index contributed by atoms with van der Waals surface area (Å²) in [6, 6.07) is 12.2. The topological polar surface area (TPSA) is 66.6 Å². The van der Waals surface area contributed by atoms with Gasteiger partial charge in [-0.1, -0.05) is 23.7 Å². The number of rotatable bonds is 4. The Hall–Kier alpha value is -2.04. The van der Waals surface area contributed by atoms with E-state index >= 15 is 0 Å². The fourth-order valence-corrected chi connectivity index (χ4v) is 2.22. The highest BCUT2D eigenvalue weighted by Gasteiger charge is 2.19. The van der Waals surface area contributed by atoms with E-state index < -0.39 is 0 Å². The molecule has 2 aromatic rings. The number of amides is 1. The highest BCUT2D eigenvalue weighted by molar-refractivity contribution is 6.31. The van der Waals surface area contributed by atoms with Gasteiger partial charge in [0.2, 0.25) is 0 Å². The van der Waals surface area contributed by atoms with Crippen molar-refractivity contribution in [1.29, 1.82) is 0 Å². The molecular formula is C16H17ClN2O2. The van der Waals surface area contributed by atoms with Crippen LogP contribution in [0.1, 0.15) is 15.9 Å². The lowest BCUT2D eigenvalue weighted by atomic mass is 10.1. The zero-order valence-electron chi connectivity index (χ0n) is 11.7. The van der Waals surface area contributed by atoms with Gasteiger partial charge in [-0.3, -0.25) is 4.79 Å². The Kier molecular flexibility index (Phi) is 4.83. The first-order chi connectivity index (χ1) is 10.0. The van der Waals surface area contributed by atoms with Crippen LogP contribution >= 0.6 is 11.6 Å². The monoisotopic (exact) mass is 304 g/mol. The molecule has 0 aromatic heterocycles. The number of aliphatic hydroxyl groups is 1. The van der Waals surface area contributed by atoms with E-state index in [9.17, 15) is 9.90 Å². The van der Waals surface area contributed by atoms with Crippen LogP contribution in [-0.2, 0) is 0 Å². The summed E-state index contributed by atoms with van der Waals surface area (Å²) in [7, 11) is 0. The Morgan fingerprint density at radius 2 is 2.00 bits per heavy atom. The minimum atomic E-state index is -0.221. The molecule has 0 saturated heterocycles. The highest BCUT2D eigenvalue weighted by Crippen LogP contribution is 2.25. The lowest BCUT2D eigenvalue weighted by Crippen LogP contribution is -2.34. The van der Waals surface area contributed by atoms with Crippen molar-refractivity contribution >= 4 is 28.9 Å². The second kappa shape index (κ2) is 6.61. The number of hydrogen-bond donors (Lipinski definition) is 2. The maximum atomic E-state index is 12.7. The van der Waals surface area contributed by atoms with Crippen LogP contribution in [0.3, 0.4) is 0 Å². The van der Waals surface area contributed by atoms with Gasteiger partial charge in [0.15, 0.2) is 0 Å². The number of para-hydroxylation sites is 2. The summed E-state index contributed by atoms with van der Waals surface area (Å²) >= 11 is 5.98. The normalized spacial score (nSPS) is 10.4. The second-order valence-corrected chi connectivity index (χ2v) is 5.11. The molecule has 1 amide bonds. The van der Waals surface area contributed by atoms with Crippen molar-refractivity contribution in [3.05, 3.63) is 58.6 Å². The van der Waals surface area contributed by atoms with E-state index in [1.54, 1.807) is 42.5 Å². The Balaban J connectivity index is 2.40. The summed E-state index contributed by atoms with van der Waals surface area (Å²) in [5, 5.41) is 9.84. The van der Waals surface area contributed by atoms with Crippen molar-refractivity contribution in [1.82, 2.24) is 0 Å². The van der Waals surface area contributed by atoms with E-state index in [2.05, 4.69) is 0 Å². The first-order valence-electron chi connectivity index (χ1n) is 6.58. The molecule has 5 heteroatoms. The molecule has 0 heterocycles. The number of anilines is 2. The number of carbonyl (C=O) groups is 1. The molecular weight excluding hydrogens is 288 g/mol. The maximum Gasteiger partial charge on any atom is 0.258 e. The summed E-state index contributed by atoms with van der Waals surface area (Å²) in [6.07, 6.45) is 0. The Morgan fingerprint density at radius 1 is 1.29 bits per heavy atom. The van der Waals surface area contributed by atoms with E-state index in [0.717, 1.165) is 5.56 Å². The molecule has 0 saturated carbocycles. The summed E-state index contributed by atoms with van der Waals surface area (Å²) < 4.78 is 0.